The van der Waals surface area contributed by atoms with E-state index in [-0.39, 0.29) is 25.0 Å². The van der Waals surface area contributed by atoms with Crippen LogP contribution < -0.4 is 0 Å². The van der Waals surface area contributed by atoms with Crippen molar-refractivity contribution in [3.8, 4) is 0 Å². The molecule has 1 heterocycles. The minimum absolute atomic E-state index is 0.0740. The highest BCUT2D eigenvalue weighted by molar-refractivity contribution is 5.72. The molecule has 8 heteroatoms. The van der Waals surface area contributed by atoms with Crippen molar-refractivity contribution in [3.05, 3.63) is 28.6 Å². The first-order valence-corrected chi connectivity index (χ1v) is 6.02. The van der Waals surface area contributed by atoms with E-state index < -0.39 is 10.9 Å². The van der Waals surface area contributed by atoms with E-state index in [2.05, 4.69) is 16.2 Å². The summed E-state index contributed by atoms with van der Waals surface area (Å²) in [6.45, 7) is 0.398. The molecule has 1 atom stereocenters. The minimum atomic E-state index is -0.670. The van der Waals surface area contributed by atoms with Crippen molar-refractivity contribution in [2.45, 2.75) is 25.8 Å². The summed E-state index contributed by atoms with van der Waals surface area (Å²) >= 11 is 0. The molecule has 1 aromatic rings. The predicted molar refractivity (Wildman–Crippen MR) is 64.1 cm³/mol. The molecule has 1 aliphatic carbocycles. The molecule has 1 aromatic heterocycles. The fourth-order valence-corrected chi connectivity index (χ4v) is 1.84. The number of hydrogen-bond acceptors (Lipinski definition) is 6. The SMILES string of the molecule is O=C(OCCn1cnc([N+](=O)[O-])n1)[C@@H]1CC=CCC1. The van der Waals surface area contributed by atoms with Gasteiger partial charge in [0.1, 0.15) is 6.61 Å². The lowest BCUT2D eigenvalue weighted by molar-refractivity contribution is -0.394. The molecule has 0 aromatic carbocycles. The van der Waals surface area contributed by atoms with Crippen LogP contribution in [0, 0.1) is 16.0 Å². The molecule has 0 amide bonds. The van der Waals surface area contributed by atoms with Gasteiger partial charge in [0.05, 0.1) is 12.5 Å². The predicted octanol–water partition coefficient (Wildman–Crippen LogP) is 1.09. The largest absolute Gasteiger partial charge is 0.490 e. The Balaban J connectivity index is 1.74. The van der Waals surface area contributed by atoms with Gasteiger partial charge >= 0.3 is 11.9 Å². The van der Waals surface area contributed by atoms with Gasteiger partial charge in [0, 0.05) is 5.10 Å². The maximum atomic E-state index is 11.7. The second-order valence-corrected chi connectivity index (χ2v) is 4.21. The summed E-state index contributed by atoms with van der Waals surface area (Å²) in [5.74, 6) is -0.752. The standard InChI is InChI=1S/C11H14N4O4/c16-10(9-4-2-1-3-5-9)19-7-6-14-8-12-11(13-14)15(17)18/h1-2,8-9H,3-7H2/t9-/m1/s1. The van der Waals surface area contributed by atoms with Crippen LogP contribution in [0.5, 0.6) is 0 Å². The number of rotatable bonds is 5. The van der Waals surface area contributed by atoms with Crippen molar-refractivity contribution in [1.82, 2.24) is 14.8 Å². The highest BCUT2D eigenvalue weighted by Crippen LogP contribution is 2.19. The van der Waals surface area contributed by atoms with Crippen molar-refractivity contribution < 1.29 is 14.5 Å². The summed E-state index contributed by atoms with van der Waals surface area (Å²) in [6.07, 6.45) is 7.71. The van der Waals surface area contributed by atoms with E-state index in [1.54, 1.807) is 0 Å². The fourth-order valence-electron chi connectivity index (χ4n) is 1.84. The van der Waals surface area contributed by atoms with Crippen molar-refractivity contribution >= 4 is 11.9 Å². The Morgan fingerprint density at radius 1 is 1.58 bits per heavy atom. The number of nitro groups is 1. The van der Waals surface area contributed by atoms with Gasteiger partial charge < -0.3 is 14.9 Å². The second-order valence-electron chi connectivity index (χ2n) is 4.21. The Morgan fingerprint density at radius 3 is 3.05 bits per heavy atom. The van der Waals surface area contributed by atoms with E-state index in [0.717, 1.165) is 12.8 Å². The van der Waals surface area contributed by atoms with Gasteiger partial charge in [0.2, 0.25) is 6.33 Å². The highest BCUT2D eigenvalue weighted by atomic mass is 16.6. The van der Waals surface area contributed by atoms with Crippen molar-refractivity contribution in [2.75, 3.05) is 6.61 Å². The number of nitrogens with zero attached hydrogens (tertiary/aromatic N) is 4. The fraction of sp³-hybridized carbons (Fsp3) is 0.545. The van der Waals surface area contributed by atoms with Crippen LogP contribution in [0.25, 0.3) is 0 Å². The number of hydrogen-bond donors (Lipinski definition) is 0. The summed E-state index contributed by atoms with van der Waals surface area (Å²) in [5.41, 5.74) is 0. The van der Waals surface area contributed by atoms with E-state index in [1.807, 2.05) is 6.08 Å². The quantitative estimate of drug-likeness (QED) is 0.342. The summed E-state index contributed by atoms with van der Waals surface area (Å²) < 4.78 is 6.41. The van der Waals surface area contributed by atoms with Gasteiger partial charge in [-0.2, -0.15) is 4.68 Å². The second kappa shape index (κ2) is 6.07. The van der Waals surface area contributed by atoms with Gasteiger partial charge in [-0.25, -0.2) is 0 Å². The van der Waals surface area contributed by atoms with Gasteiger partial charge in [-0.15, -0.1) is 0 Å². The molecule has 19 heavy (non-hydrogen) atoms. The lowest BCUT2D eigenvalue weighted by Crippen LogP contribution is -2.20. The number of esters is 1. The van der Waals surface area contributed by atoms with Crippen LogP contribution in [0.2, 0.25) is 0 Å². The first kappa shape index (κ1) is 13.2. The third-order valence-electron chi connectivity index (χ3n) is 2.85. The molecule has 0 radical (unpaired) electrons. The number of carbonyl (C=O) groups excluding carboxylic acids is 1. The minimum Gasteiger partial charge on any atom is -0.463 e. The topological polar surface area (TPSA) is 100 Å². The summed E-state index contributed by atoms with van der Waals surface area (Å²) in [4.78, 5) is 24.9. The molecule has 2 rings (SSSR count). The van der Waals surface area contributed by atoms with Gasteiger partial charge in [-0.3, -0.25) is 4.79 Å². The summed E-state index contributed by atoms with van der Waals surface area (Å²) in [5, 5.41) is 14.0. The zero-order valence-electron chi connectivity index (χ0n) is 10.3. The molecule has 0 N–H and O–H groups in total. The Kier molecular flexibility index (Phi) is 4.22. The van der Waals surface area contributed by atoms with Crippen molar-refractivity contribution in [1.29, 1.82) is 0 Å². The lowest BCUT2D eigenvalue weighted by Gasteiger charge is -2.15. The van der Waals surface area contributed by atoms with Gasteiger partial charge in [-0.05, 0) is 24.2 Å². The van der Waals surface area contributed by atoms with E-state index in [1.165, 1.54) is 11.0 Å². The summed E-state index contributed by atoms with van der Waals surface area (Å²) in [7, 11) is 0. The molecule has 102 valence electrons. The molecule has 0 bridgehead atoms. The van der Waals surface area contributed by atoms with E-state index in [4.69, 9.17) is 4.74 Å². The molecule has 0 spiro atoms. The molecule has 0 saturated carbocycles. The van der Waals surface area contributed by atoms with E-state index >= 15 is 0 Å². The van der Waals surface area contributed by atoms with Crippen LogP contribution in [0.3, 0.4) is 0 Å². The van der Waals surface area contributed by atoms with Gasteiger partial charge in [0.25, 0.3) is 0 Å². The molecule has 8 nitrogen and oxygen atoms in total. The van der Waals surface area contributed by atoms with Crippen LogP contribution in [-0.4, -0.2) is 32.3 Å². The smallest absolute Gasteiger partial charge is 0.463 e. The molecular formula is C11H14N4O4. The highest BCUT2D eigenvalue weighted by Gasteiger charge is 2.20. The van der Waals surface area contributed by atoms with Gasteiger partial charge in [-0.1, -0.05) is 17.1 Å². The van der Waals surface area contributed by atoms with E-state index in [9.17, 15) is 14.9 Å². The average molecular weight is 266 g/mol. The number of allylic oxidation sites excluding steroid dienone is 2. The average Bonchev–Trinajstić information content (AvgIpc) is 2.89. The number of ether oxygens (including phenoxy) is 1. The zero-order chi connectivity index (χ0) is 13.7. The molecule has 0 aliphatic heterocycles. The third-order valence-corrected chi connectivity index (χ3v) is 2.85. The van der Waals surface area contributed by atoms with Crippen molar-refractivity contribution in [3.63, 3.8) is 0 Å². The molecular weight excluding hydrogens is 252 g/mol. The lowest BCUT2D eigenvalue weighted by atomic mass is 9.95. The van der Waals surface area contributed by atoms with Crippen LogP contribution >= 0.6 is 0 Å². The van der Waals surface area contributed by atoms with Crippen LogP contribution in [0.4, 0.5) is 5.95 Å². The first-order chi connectivity index (χ1) is 9.16. The van der Waals surface area contributed by atoms with Gasteiger partial charge in [0.15, 0.2) is 0 Å². The maximum absolute atomic E-state index is 11.7. The number of carbonyl (C=O) groups is 1. The molecule has 0 saturated heterocycles. The first-order valence-electron chi connectivity index (χ1n) is 6.02. The van der Waals surface area contributed by atoms with Crippen LogP contribution in [0.15, 0.2) is 18.5 Å². The Labute approximate surface area is 109 Å². The third kappa shape index (κ3) is 3.60. The Hall–Kier alpha value is -2.25. The van der Waals surface area contributed by atoms with Crippen LogP contribution in [-0.2, 0) is 16.1 Å². The Bertz CT molecular complexity index is 497. The van der Waals surface area contributed by atoms with Crippen molar-refractivity contribution in [2.24, 2.45) is 5.92 Å². The molecule has 0 fully saturated rings. The molecule has 0 unspecified atom stereocenters. The molecule has 1 aliphatic rings. The number of aromatic nitrogens is 3. The monoisotopic (exact) mass is 266 g/mol. The van der Waals surface area contributed by atoms with Crippen LogP contribution in [0.1, 0.15) is 19.3 Å². The maximum Gasteiger partial charge on any atom is 0.490 e. The normalized spacial score (nSPS) is 18.2. The summed E-state index contributed by atoms with van der Waals surface area (Å²) in [6, 6.07) is 0. The van der Waals surface area contributed by atoms with E-state index in [0.29, 0.717) is 6.42 Å². The zero-order valence-corrected chi connectivity index (χ0v) is 10.3. The Morgan fingerprint density at radius 2 is 2.42 bits per heavy atom.